The molecule has 2 aromatic rings. The average Bonchev–Trinajstić information content (AvgIpc) is 2.88. The van der Waals surface area contributed by atoms with Crippen molar-refractivity contribution in [3.8, 4) is 11.4 Å². The van der Waals surface area contributed by atoms with Crippen LogP contribution in [0.1, 0.15) is 30.2 Å². The maximum absolute atomic E-state index is 4.74. The Balaban J connectivity index is 2.07. The first-order valence-corrected chi connectivity index (χ1v) is 6.98. The Kier molecular flexibility index (Phi) is 3.20. The summed E-state index contributed by atoms with van der Waals surface area (Å²) in [5, 5.41) is 3.38. The van der Waals surface area contributed by atoms with Gasteiger partial charge in [-0.05, 0) is 33.1 Å². The molecule has 0 unspecified atom stereocenters. The van der Waals surface area contributed by atoms with E-state index in [1.165, 1.54) is 23.2 Å². The van der Waals surface area contributed by atoms with Crippen LogP contribution in [0.25, 0.3) is 11.4 Å². The van der Waals surface area contributed by atoms with Gasteiger partial charge in [0.25, 0.3) is 0 Å². The van der Waals surface area contributed by atoms with Crippen molar-refractivity contribution in [2.45, 2.75) is 33.1 Å². The first-order chi connectivity index (χ1) is 9.28. The lowest BCUT2D eigenvalue weighted by atomic mass is 10.1. The van der Waals surface area contributed by atoms with E-state index in [0.29, 0.717) is 0 Å². The fraction of sp³-hybridized carbons (Fsp3) is 0.375. The summed E-state index contributed by atoms with van der Waals surface area (Å²) in [6, 6.07) is 8.42. The zero-order valence-corrected chi connectivity index (χ0v) is 11.5. The van der Waals surface area contributed by atoms with Crippen LogP contribution in [0, 0.1) is 6.92 Å². The SMILES string of the molecule is CCNc1nc(-c2ccc(C)cc2)nc2c1CCC2. The molecule has 98 valence electrons. The number of anilines is 1. The monoisotopic (exact) mass is 253 g/mol. The first-order valence-electron chi connectivity index (χ1n) is 6.98. The Hall–Kier alpha value is -1.90. The summed E-state index contributed by atoms with van der Waals surface area (Å²) >= 11 is 0. The van der Waals surface area contributed by atoms with E-state index < -0.39 is 0 Å². The number of nitrogens with one attached hydrogen (secondary N) is 1. The third-order valence-corrected chi connectivity index (χ3v) is 3.59. The lowest BCUT2D eigenvalue weighted by Crippen LogP contribution is -2.06. The summed E-state index contributed by atoms with van der Waals surface area (Å²) < 4.78 is 0. The van der Waals surface area contributed by atoms with Crippen molar-refractivity contribution in [1.82, 2.24) is 9.97 Å². The van der Waals surface area contributed by atoms with Gasteiger partial charge in [0.15, 0.2) is 5.82 Å². The van der Waals surface area contributed by atoms with Gasteiger partial charge in [0, 0.05) is 23.4 Å². The van der Waals surface area contributed by atoms with Crippen LogP contribution in [0.3, 0.4) is 0 Å². The van der Waals surface area contributed by atoms with Gasteiger partial charge >= 0.3 is 0 Å². The number of fused-ring (bicyclic) bond motifs is 1. The second kappa shape index (κ2) is 5.00. The number of aryl methyl sites for hydroxylation is 2. The van der Waals surface area contributed by atoms with Gasteiger partial charge in [-0.25, -0.2) is 9.97 Å². The maximum atomic E-state index is 4.74. The lowest BCUT2D eigenvalue weighted by molar-refractivity contribution is 0.900. The van der Waals surface area contributed by atoms with E-state index in [9.17, 15) is 0 Å². The molecule has 1 aliphatic carbocycles. The van der Waals surface area contributed by atoms with Crippen LogP contribution in [0.5, 0.6) is 0 Å². The van der Waals surface area contributed by atoms with Crippen LogP contribution in [0.2, 0.25) is 0 Å². The zero-order chi connectivity index (χ0) is 13.2. The molecular weight excluding hydrogens is 234 g/mol. The first kappa shape index (κ1) is 12.2. The summed E-state index contributed by atoms with van der Waals surface area (Å²) in [7, 11) is 0. The summed E-state index contributed by atoms with van der Waals surface area (Å²) in [6.45, 7) is 5.10. The molecule has 0 radical (unpaired) electrons. The topological polar surface area (TPSA) is 37.8 Å². The standard InChI is InChI=1S/C16H19N3/c1-3-17-16-13-5-4-6-14(13)18-15(19-16)12-9-7-11(2)8-10-12/h7-10H,3-6H2,1-2H3,(H,17,18,19). The highest BCUT2D eigenvalue weighted by atomic mass is 15.0. The quantitative estimate of drug-likeness (QED) is 0.911. The van der Waals surface area contributed by atoms with Crippen molar-refractivity contribution in [3.05, 3.63) is 41.1 Å². The highest BCUT2D eigenvalue weighted by Gasteiger charge is 2.19. The van der Waals surface area contributed by atoms with E-state index in [0.717, 1.165) is 36.6 Å². The molecule has 1 aromatic carbocycles. The Morgan fingerprint density at radius 1 is 1.11 bits per heavy atom. The maximum Gasteiger partial charge on any atom is 0.161 e. The molecule has 1 aromatic heterocycles. The van der Waals surface area contributed by atoms with Crippen molar-refractivity contribution in [2.75, 3.05) is 11.9 Å². The van der Waals surface area contributed by atoms with Gasteiger partial charge in [0.1, 0.15) is 5.82 Å². The third-order valence-electron chi connectivity index (χ3n) is 3.59. The second-order valence-electron chi connectivity index (χ2n) is 5.07. The number of hydrogen-bond donors (Lipinski definition) is 1. The van der Waals surface area contributed by atoms with Crippen LogP contribution >= 0.6 is 0 Å². The molecule has 0 aliphatic heterocycles. The molecule has 0 spiro atoms. The Labute approximate surface area is 114 Å². The fourth-order valence-electron chi connectivity index (χ4n) is 2.58. The van der Waals surface area contributed by atoms with Gasteiger partial charge in [0.2, 0.25) is 0 Å². The molecule has 1 N–H and O–H groups in total. The molecule has 0 fully saturated rings. The van der Waals surface area contributed by atoms with Gasteiger partial charge in [-0.15, -0.1) is 0 Å². The number of nitrogens with zero attached hydrogens (tertiary/aromatic N) is 2. The zero-order valence-electron chi connectivity index (χ0n) is 11.5. The number of benzene rings is 1. The van der Waals surface area contributed by atoms with E-state index in [4.69, 9.17) is 9.97 Å². The highest BCUT2D eigenvalue weighted by molar-refractivity contribution is 5.61. The summed E-state index contributed by atoms with van der Waals surface area (Å²) in [6.07, 6.45) is 3.38. The van der Waals surface area contributed by atoms with E-state index >= 15 is 0 Å². The number of aromatic nitrogens is 2. The van der Waals surface area contributed by atoms with Gasteiger partial charge in [-0.2, -0.15) is 0 Å². The molecule has 3 rings (SSSR count). The van der Waals surface area contributed by atoms with Crippen LogP contribution in [-0.2, 0) is 12.8 Å². The van der Waals surface area contributed by atoms with Gasteiger partial charge in [-0.3, -0.25) is 0 Å². The minimum Gasteiger partial charge on any atom is -0.370 e. The predicted octanol–water partition coefficient (Wildman–Crippen LogP) is 3.37. The van der Waals surface area contributed by atoms with Gasteiger partial charge in [-0.1, -0.05) is 29.8 Å². The van der Waals surface area contributed by atoms with Crippen molar-refractivity contribution in [2.24, 2.45) is 0 Å². The van der Waals surface area contributed by atoms with E-state index in [1.807, 2.05) is 0 Å². The second-order valence-corrected chi connectivity index (χ2v) is 5.07. The normalized spacial score (nSPS) is 13.4. The summed E-state index contributed by atoms with van der Waals surface area (Å²) in [4.78, 5) is 9.46. The summed E-state index contributed by atoms with van der Waals surface area (Å²) in [5.41, 5.74) is 4.90. The molecular formula is C16H19N3. The molecule has 0 saturated heterocycles. The van der Waals surface area contributed by atoms with Crippen LogP contribution in [0.15, 0.2) is 24.3 Å². The summed E-state index contributed by atoms with van der Waals surface area (Å²) in [5.74, 6) is 1.87. The van der Waals surface area contributed by atoms with Crippen molar-refractivity contribution < 1.29 is 0 Å². The molecule has 0 bridgehead atoms. The van der Waals surface area contributed by atoms with Gasteiger partial charge < -0.3 is 5.32 Å². The number of hydrogen-bond acceptors (Lipinski definition) is 3. The lowest BCUT2D eigenvalue weighted by Gasteiger charge is -2.11. The molecule has 1 heterocycles. The van der Waals surface area contributed by atoms with Gasteiger partial charge in [0.05, 0.1) is 0 Å². The van der Waals surface area contributed by atoms with E-state index in [-0.39, 0.29) is 0 Å². The molecule has 0 atom stereocenters. The minimum absolute atomic E-state index is 0.844. The molecule has 3 nitrogen and oxygen atoms in total. The molecule has 0 saturated carbocycles. The smallest absolute Gasteiger partial charge is 0.161 e. The molecule has 1 aliphatic rings. The fourth-order valence-corrected chi connectivity index (χ4v) is 2.58. The Bertz CT molecular complexity index is 588. The third kappa shape index (κ3) is 2.33. The largest absolute Gasteiger partial charge is 0.370 e. The molecule has 3 heteroatoms. The number of rotatable bonds is 3. The van der Waals surface area contributed by atoms with E-state index in [2.05, 4.69) is 43.4 Å². The molecule has 0 amide bonds. The average molecular weight is 253 g/mol. The Morgan fingerprint density at radius 2 is 1.89 bits per heavy atom. The van der Waals surface area contributed by atoms with Crippen LogP contribution < -0.4 is 5.32 Å². The van der Waals surface area contributed by atoms with E-state index in [1.54, 1.807) is 0 Å². The minimum atomic E-state index is 0.844. The molecule has 19 heavy (non-hydrogen) atoms. The predicted molar refractivity (Wildman–Crippen MR) is 78.4 cm³/mol. The van der Waals surface area contributed by atoms with Crippen LogP contribution in [0.4, 0.5) is 5.82 Å². The van der Waals surface area contributed by atoms with Crippen molar-refractivity contribution >= 4 is 5.82 Å². The van der Waals surface area contributed by atoms with Crippen molar-refractivity contribution in [3.63, 3.8) is 0 Å². The van der Waals surface area contributed by atoms with Crippen molar-refractivity contribution in [1.29, 1.82) is 0 Å². The van der Waals surface area contributed by atoms with Crippen LogP contribution in [-0.4, -0.2) is 16.5 Å². The highest BCUT2D eigenvalue weighted by Crippen LogP contribution is 2.29. The Morgan fingerprint density at radius 3 is 2.63 bits per heavy atom.